The zero-order valence-electron chi connectivity index (χ0n) is 22.3. The van der Waals surface area contributed by atoms with Gasteiger partial charge >= 0.3 is 20.8 Å². The summed E-state index contributed by atoms with van der Waals surface area (Å²) in [6.07, 6.45) is 12.3. The average Bonchev–Trinajstić information content (AvgIpc) is 3.11. The number of rotatable bonds is 4. The topological polar surface area (TPSA) is 96.0 Å². The molecule has 6 rings (SSSR count). The minimum Gasteiger partial charge on any atom is -0.247 e. The Morgan fingerprint density at radius 3 is 2.47 bits per heavy atom. The predicted molar refractivity (Wildman–Crippen MR) is 137 cm³/mol. The molecule has 206 valence electrons. The van der Waals surface area contributed by atoms with E-state index in [1.54, 1.807) is 0 Å². The van der Waals surface area contributed by atoms with Crippen molar-refractivity contribution in [3.8, 4) is 0 Å². The fraction of sp³-hybridized carbons (Fsp3) is 0.926. The standard InChI is InChI=1S/C27H44O7S2/c1-18(2)6-5-7-19-17-32-35(28,29)34-36(30,31)33-21-12-14-26(3)20(16-21)8-9-22-24-11-10-23(19)27(24,4)15-13-25(22)26/h8,18-19,21-25H,5-7,9-17H2,1-4H3/t19-,21-,22-,23+,24-,25-,26-,27+/m0/s1. The summed E-state index contributed by atoms with van der Waals surface area (Å²) < 4.78 is 65.4. The molecule has 4 aliphatic carbocycles. The van der Waals surface area contributed by atoms with Crippen LogP contribution in [0.25, 0.3) is 0 Å². The maximum Gasteiger partial charge on any atom is 0.416 e. The first kappa shape index (κ1) is 27.1. The van der Waals surface area contributed by atoms with Gasteiger partial charge in [-0.2, -0.15) is 16.8 Å². The van der Waals surface area contributed by atoms with E-state index < -0.39 is 26.9 Å². The summed E-state index contributed by atoms with van der Waals surface area (Å²) in [5, 5.41) is 0. The lowest BCUT2D eigenvalue weighted by atomic mass is 9.47. The quantitative estimate of drug-likeness (QED) is 0.405. The highest BCUT2D eigenvalue weighted by atomic mass is 32.3. The summed E-state index contributed by atoms with van der Waals surface area (Å²) in [6, 6.07) is 0. The summed E-state index contributed by atoms with van der Waals surface area (Å²) in [7, 11) is -9.50. The van der Waals surface area contributed by atoms with Crippen molar-refractivity contribution in [3.05, 3.63) is 11.6 Å². The summed E-state index contributed by atoms with van der Waals surface area (Å²) in [4.78, 5) is 0. The molecule has 0 amide bonds. The summed E-state index contributed by atoms with van der Waals surface area (Å²) in [5.41, 5.74) is 1.50. The van der Waals surface area contributed by atoms with Crippen molar-refractivity contribution in [2.75, 3.05) is 6.61 Å². The van der Waals surface area contributed by atoms with Gasteiger partial charge in [-0.25, -0.2) is 8.37 Å². The molecule has 36 heavy (non-hydrogen) atoms. The molecule has 0 radical (unpaired) electrons. The molecular weight excluding hydrogens is 500 g/mol. The minimum absolute atomic E-state index is 0.0395. The Bertz CT molecular complexity index is 1080. The van der Waals surface area contributed by atoms with Gasteiger partial charge in [0, 0.05) is 0 Å². The van der Waals surface area contributed by atoms with E-state index in [9.17, 15) is 16.8 Å². The molecule has 0 aromatic heterocycles. The zero-order chi connectivity index (χ0) is 25.9. The lowest BCUT2D eigenvalue weighted by Gasteiger charge is -2.58. The van der Waals surface area contributed by atoms with Gasteiger partial charge in [-0.3, -0.25) is 0 Å². The van der Waals surface area contributed by atoms with Crippen molar-refractivity contribution >= 4 is 20.8 Å². The first-order valence-corrected chi connectivity index (χ1v) is 16.7. The second kappa shape index (κ2) is 9.61. The molecule has 8 atom stereocenters. The fourth-order valence-electron chi connectivity index (χ4n) is 9.19. The van der Waals surface area contributed by atoms with Crippen LogP contribution in [0, 0.1) is 46.3 Å². The molecule has 0 aromatic rings. The Kier molecular flexibility index (Phi) is 7.24. The van der Waals surface area contributed by atoms with E-state index in [1.165, 1.54) is 24.8 Å². The van der Waals surface area contributed by atoms with Crippen LogP contribution in [-0.2, 0) is 32.8 Å². The van der Waals surface area contributed by atoms with Crippen molar-refractivity contribution in [1.29, 1.82) is 0 Å². The van der Waals surface area contributed by atoms with Crippen LogP contribution in [0.2, 0.25) is 0 Å². The highest BCUT2D eigenvalue weighted by Gasteiger charge is 2.59. The molecule has 6 aliphatic rings. The van der Waals surface area contributed by atoms with Crippen molar-refractivity contribution in [1.82, 2.24) is 0 Å². The smallest absolute Gasteiger partial charge is 0.247 e. The van der Waals surface area contributed by atoms with E-state index in [1.807, 2.05) is 0 Å². The Hall–Kier alpha value is -0.480. The normalized spacial score (nSPS) is 45.8. The van der Waals surface area contributed by atoms with Gasteiger partial charge < -0.3 is 0 Å². The van der Waals surface area contributed by atoms with E-state index in [0.29, 0.717) is 42.4 Å². The van der Waals surface area contributed by atoms with Gasteiger partial charge in [-0.05, 0) is 104 Å². The predicted octanol–water partition coefficient (Wildman–Crippen LogP) is 5.93. The molecule has 2 saturated heterocycles. The molecule has 2 heterocycles. The molecule has 0 unspecified atom stereocenters. The third-order valence-electron chi connectivity index (χ3n) is 10.9. The largest absolute Gasteiger partial charge is 0.416 e. The first-order chi connectivity index (χ1) is 16.8. The van der Waals surface area contributed by atoms with Crippen LogP contribution in [0.3, 0.4) is 0 Å². The fourth-order valence-corrected chi connectivity index (χ4v) is 11.1. The molecule has 9 heteroatoms. The Morgan fingerprint density at radius 1 is 0.972 bits per heavy atom. The highest BCUT2D eigenvalue weighted by Crippen LogP contribution is 2.67. The number of hydrogen-bond donors (Lipinski definition) is 0. The van der Waals surface area contributed by atoms with Crippen LogP contribution in [-0.4, -0.2) is 29.5 Å². The molecule has 5 fully saturated rings. The van der Waals surface area contributed by atoms with Crippen LogP contribution in [0.4, 0.5) is 0 Å². The Morgan fingerprint density at radius 2 is 1.72 bits per heavy atom. The lowest BCUT2D eigenvalue weighted by molar-refractivity contribution is -0.0611. The maximum absolute atomic E-state index is 12.6. The Labute approximate surface area is 218 Å². The van der Waals surface area contributed by atoms with E-state index in [0.717, 1.165) is 38.5 Å². The molecule has 0 aromatic carbocycles. The van der Waals surface area contributed by atoms with E-state index >= 15 is 0 Å². The van der Waals surface area contributed by atoms with Gasteiger partial charge in [0.2, 0.25) is 0 Å². The highest BCUT2D eigenvalue weighted by molar-refractivity contribution is 7.95. The van der Waals surface area contributed by atoms with E-state index in [-0.39, 0.29) is 23.4 Å². The monoisotopic (exact) mass is 544 g/mol. The first-order valence-electron chi connectivity index (χ1n) is 14.1. The maximum atomic E-state index is 12.6. The number of hydrogen-bond acceptors (Lipinski definition) is 7. The molecule has 0 spiro atoms. The molecule has 5 bridgehead atoms. The van der Waals surface area contributed by atoms with Gasteiger partial charge in [0.1, 0.15) is 0 Å². The van der Waals surface area contributed by atoms with E-state index in [2.05, 4.69) is 37.4 Å². The van der Waals surface area contributed by atoms with Gasteiger partial charge in [-0.15, -0.1) is 3.63 Å². The van der Waals surface area contributed by atoms with Crippen LogP contribution >= 0.6 is 0 Å². The summed E-state index contributed by atoms with van der Waals surface area (Å²) in [6.45, 7) is 9.19. The minimum atomic E-state index is -4.75. The zero-order valence-corrected chi connectivity index (χ0v) is 23.9. The van der Waals surface area contributed by atoms with Gasteiger partial charge in [0.05, 0.1) is 12.7 Å². The van der Waals surface area contributed by atoms with Crippen molar-refractivity contribution in [2.24, 2.45) is 46.3 Å². The van der Waals surface area contributed by atoms with Crippen LogP contribution in [0.1, 0.15) is 98.3 Å². The van der Waals surface area contributed by atoms with Gasteiger partial charge in [0.25, 0.3) is 0 Å². The molecule has 7 nitrogen and oxygen atoms in total. The lowest BCUT2D eigenvalue weighted by Crippen LogP contribution is -2.51. The molecule has 2 aliphatic heterocycles. The molecular formula is C27H44O7S2. The van der Waals surface area contributed by atoms with Crippen LogP contribution in [0.15, 0.2) is 11.6 Å². The number of fused-ring (bicyclic) bond motifs is 8. The summed E-state index contributed by atoms with van der Waals surface area (Å²) in [5.74, 6) is 2.88. The van der Waals surface area contributed by atoms with E-state index in [4.69, 9.17) is 8.37 Å². The van der Waals surface area contributed by atoms with Crippen LogP contribution in [0.5, 0.6) is 0 Å². The molecule has 3 saturated carbocycles. The third-order valence-corrected chi connectivity index (χ3v) is 13.2. The van der Waals surface area contributed by atoms with Crippen molar-refractivity contribution in [2.45, 2.75) is 104 Å². The molecule has 0 N–H and O–H groups in total. The second-order valence-corrected chi connectivity index (χ2v) is 15.8. The SMILES string of the molecule is CC(C)CCC[C@H]1COS(=O)(=O)OS(=O)(=O)O[C@H]2CC[C@@]3(C)C(=CC[C@H]4[C@@H]5CC[C@H]1[C@@]5(C)CC[C@@H]43)C2. The number of allylic oxidation sites excluding steroid dienone is 1. The van der Waals surface area contributed by atoms with Gasteiger partial charge in [0.15, 0.2) is 0 Å². The van der Waals surface area contributed by atoms with Crippen molar-refractivity contribution < 1.29 is 28.8 Å². The Balaban J connectivity index is 1.51. The second-order valence-electron chi connectivity index (χ2n) is 13.2. The average molecular weight is 545 g/mol. The van der Waals surface area contributed by atoms with Crippen LogP contribution < -0.4 is 0 Å². The summed E-state index contributed by atoms with van der Waals surface area (Å²) >= 11 is 0. The van der Waals surface area contributed by atoms with Crippen molar-refractivity contribution in [3.63, 3.8) is 0 Å². The third kappa shape index (κ3) is 4.96. The van der Waals surface area contributed by atoms with Gasteiger partial charge in [-0.1, -0.05) is 52.2 Å².